The van der Waals surface area contributed by atoms with Crippen LogP contribution in [-0.2, 0) is 4.79 Å². The summed E-state index contributed by atoms with van der Waals surface area (Å²) in [6.07, 6.45) is 3.42. The van der Waals surface area contributed by atoms with Gasteiger partial charge in [0.2, 0.25) is 5.91 Å². The van der Waals surface area contributed by atoms with Crippen molar-refractivity contribution < 1.29 is 4.79 Å². The van der Waals surface area contributed by atoms with Gasteiger partial charge in [0.1, 0.15) is 0 Å². The first-order valence-corrected chi connectivity index (χ1v) is 7.59. The van der Waals surface area contributed by atoms with E-state index in [1.54, 1.807) is 0 Å². The van der Waals surface area contributed by atoms with Gasteiger partial charge in [-0.05, 0) is 31.8 Å². The van der Waals surface area contributed by atoms with Crippen LogP contribution < -0.4 is 11.1 Å². The molecule has 4 nitrogen and oxygen atoms in total. The maximum Gasteiger partial charge on any atom is 0.237 e. The first-order chi connectivity index (χ1) is 8.87. The van der Waals surface area contributed by atoms with Crippen molar-refractivity contribution in [3.05, 3.63) is 0 Å². The highest BCUT2D eigenvalue weighted by Gasteiger charge is 2.25. The Bertz CT molecular complexity index is 254. The molecule has 1 unspecified atom stereocenters. The number of hydrogen-bond donors (Lipinski definition) is 2. The summed E-state index contributed by atoms with van der Waals surface area (Å²) in [5.41, 5.74) is 5.82. The summed E-state index contributed by atoms with van der Waals surface area (Å²) in [5.74, 6) is 0.130. The molecule has 0 bridgehead atoms. The van der Waals surface area contributed by atoms with Gasteiger partial charge in [0.05, 0.1) is 6.04 Å². The molecule has 0 saturated heterocycles. The summed E-state index contributed by atoms with van der Waals surface area (Å²) in [4.78, 5) is 14.3. The fourth-order valence-electron chi connectivity index (χ4n) is 2.04. The maximum absolute atomic E-state index is 12.1. The minimum atomic E-state index is -0.0857. The molecule has 3 N–H and O–H groups in total. The molecule has 0 saturated carbocycles. The molecule has 1 atom stereocenters. The summed E-state index contributed by atoms with van der Waals surface area (Å²) in [7, 11) is 0. The molecule has 0 aliphatic rings. The number of unbranched alkanes of at least 4 members (excludes halogenated alkanes) is 2. The third kappa shape index (κ3) is 7.53. The Kier molecular flexibility index (Phi) is 9.02. The summed E-state index contributed by atoms with van der Waals surface area (Å²) in [6, 6.07) is -0.0857. The van der Waals surface area contributed by atoms with E-state index in [2.05, 4.69) is 37.9 Å². The second-order valence-corrected chi connectivity index (χ2v) is 6.11. The van der Waals surface area contributed by atoms with Gasteiger partial charge < -0.3 is 11.1 Å². The number of hydrogen-bond acceptors (Lipinski definition) is 3. The van der Waals surface area contributed by atoms with E-state index < -0.39 is 0 Å². The van der Waals surface area contributed by atoms with Gasteiger partial charge in [-0.15, -0.1) is 0 Å². The Morgan fingerprint density at radius 1 is 1.32 bits per heavy atom. The molecule has 0 heterocycles. The van der Waals surface area contributed by atoms with Gasteiger partial charge in [-0.2, -0.15) is 0 Å². The number of nitrogens with two attached hydrogens (primary N) is 1. The van der Waals surface area contributed by atoms with E-state index in [0.717, 1.165) is 26.1 Å². The molecular weight excluding hydrogens is 238 g/mol. The van der Waals surface area contributed by atoms with Crippen molar-refractivity contribution in [3.63, 3.8) is 0 Å². The van der Waals surface area contributed by atoms with E-state index in [0.29, 0.717) is 6.54 Å². The van der Waals surface area contributed by atoms with Crippen LogP contribution in [0.5, 0.6) is 0 Å². The van der Waals surface area contributed by atoms with Crippen molar-refractivity contribution in [2.24, 2.45) is 11.1 Å². The van der Waals surface area contributed by atoms with Crippen LogP contribution in [0.3, 0.4) is 0 Å². The van der Waals surface area contributed by atoms with Crippen molar-refractivity contribution in [2.75, 3.05) is 26.2 Å². The summed E-state index contributed by atoms with van der Waals surface area (Å²) < 4.78 is 0. The molecule has 0 aliphatic heterocycles. The minimum absolute atomic E-state index is 0.0484. The molecule has 0 aromatic carbocycles. The van der Waals surface area contributed by atoms with Crippen LogP contribution in [0.15, 0.2) is 0 Å². The Labute approximate surface area is 119 Å². The molecule has 0 rings (SSSR count). The SMILES string of the molecule is CCCCCNC(=O)C(C)N(CC)CC(C)(C)CN. The highest BCUT2D eigenvalue weighted by Crippen LogP contribution is 2.16. The summed E-state index contributed by atoms with van der Waals surface area (Å²) >= 11 is 0. The number of carbonyl (C=O) groups excluding carboxylic acids is 1. The zero-order chi connectivity index (χ0) is 14.9. The monoisotopic (exact) mass is 271 g/mol. The summed E-state index contributed by atoms with van der Waals surface area (Å²) in [5, 5.41) is 3.02. The minimum Gasteiger partial charge on any atom is -0.355 e. The van der Waals surface area contributed by atoms with E-state index in [1.807, 2.05) is 6.92 Å². The van der Waals surface area contributed by atoms with Crippen LogP contribution in [0.1, 0.15) is 53.9 Å². The van der Waals surface area contributed by atoms with Crippen molar-refractivity contribution in [3.8, 4) is 0 Å². The number of nitrogens with zero attached hydrogens (tertiary/aromatic N) is 1. The van der Waals surface area contributed by atoms with Gasteiger partial charge in [0.25, 0.3) is 0 Å². The van der Waals surface area contributed by atoms with Gasteiger partial charge in [0, 0.05) is 13.1 Å². The number of nitrogens with one attached hydrogen (secondary N) is 1. The van der Waals surface area contributed by atoms with Gasteiger partial charge in [-0.1, -0.05) is 40.5 Å². The van der Waals surface area contributed by atoms with Crippen molar-refractivity contribution in [2.45, 2.75) is 59.9 Å². The van der Waals surface area contributed by atoms with Gasteiger partial charge in [-0.25, -0.2) is 0 Å². The molecule has 0 aromatic heterocycles. The van der Waals surface area contributed by atoms with E-state index >= 15 is 0 Å². The molecule has 0 aromatic rings. The van der Waals surface area contributed by atoms with Crippen LogP contribution in [0.4, 0.5) is 0 Å². The fraction of sp³-hybridized carbons (Fsp3) is 0.933. The largest absolute Gasteiger partial charge is 0.355 e. The molecular formula is C15H33N3O. The first-order valence-electron chi connectivity index (χ1n) is 7.59. The lowest BCUT2D eigenvalue weighted by Crippen LogP contribution is -2.49. The lowest BCUT2D eigenvalue weighted by atomic mass is 9.92. The second kappa shape index (κ2) is 9.32. The molecule has 19 heavy (non-hydrogen) atoms. The van der Waals surface area contributed by atoms with Gasteiger partial charge in [-0.3, -0.25) is 9.69 Å². The molecule has 4 heteroatoms. The Morgan fingerprint density at radius 3 is 2.42 bits per heavy atom. The molecule has 0 aliphatic carbocycles. The van der Waals surface area contributed by atoms with Crippen LogP contribution in [0, 0.1) is 5.41 Å². The van der Waals surface area contributed by atoms with Crippen LogP contribution in [0.25, 0.3) is 0 Å². The molecule has 114 valence electrons. The highest BCUT2D eigenvalue weighted by molar-refractivity contribution is 5.81. The third-order valence-electron chi connectivity index (χ3n) is 3.60. The third-order valence-corrected chi connectivity index (χ3v) is 3.60. The summed E-state index contributed by atoms with van der Waals surface area (Å²) in [6.45, 7) is 13.7. The predicted molar refractivity (Wildman–Crippen MR) is 82.1 cm³/mol. The molecule has 1 amide bonds. The molecule has 0 spiro atoms. The highest BCUT2D eigenvalue weighted by atomic mass is 16.2. The number of carbonyl (C=O) groups is 1. The number of amides is 1. The van der Waals surface area contributed by atoms with E-state index in [-0.39, 0.29) is 17.4 Å². The standard InChI is InChI=1S/C15H33N3O/c1-6-8-9-10-17-14(19)13(3)18(7-2)12-15(4,5)11-16/h13H,6-12,16H2,1-5H3,(H,17,19). The number of likely N-dealkylation sites (N-methyl/N-ethyl adjacent to an activating group) is 1. The lowest BCUT2D eigenvalue weighted by Gasteiger charge is -2.34. The van der Waals surface area contributed by atoms with Crippen LogP contribution >= 0.6 is 0 Å². The predicted octanol–water partition coefficient (Wildman–Crippen LogP) is 1.99. The van der Waals surface area contributed by atoms with E-state index in [9.17, 15) is 4.79 Å². The van der Waals surface area contributed by atoms with Gasteiger partial charge >= 0.3 is 0 Å². The Balaban J connectivity index is 4.25. The zero-order valence-electron chi connectivity index (χ0n) is 13.5. The Hall–Kier alpha value is -0.610. The smallest absolute Gasteiger partial charge is 0.237 e. The fourth-order valence-corrected chi connectivity index (χ4v) is 2.04. The average molecular weight is 271 g/mol. The molecule has 0 radical (unpaired) electrons. The Morgan fingerprint density at radius 2 is 1.95 bits per heavy atom. The lowest BCUT2D eigenvalue weighted by molar-refractivity contribution is -0.126. The zero-order valence-corrected chi connectivity index (χ0v) is 13.5. The van der Waals surface area contributed by atoms with Crippen LogP contribution in [-0.4, -0.2) is 43.0 Å². The van der Waals surface area contributed by atoms with Crippen molar-refractivity contribution >= 4 is 5.91 Å². The first kappa shape index (κ1) is 18.4. The van der Waals surface area contributed by atoms with Crippen molar-refractivity contribution in [1.29, 1.82) is 0 Å². The van der Waals surface area contributed by atoms with Crippen LogP contribution in [0.2, 0.25) is 0 Å². The van der Waals surface area contributed by atoms with E-state index in [1.165, 1.54) is 12.8 Å². The van der Waals surface area contributed by atoms with Crippen molar-refractivity contribution in [1.82, 2.24) is 10.2 Å². The molecule has 0 fully saturated rings. The second-order valence-electron chi connectivity index (χ2n) is 6.11. The normalized spacial score (nSPS) is 13.6. The maximum atomic E-state index is 12.1. The topological polar surface area (TPSA) is 58.4 Å². The number of rotatable bonds is 10. The quantitative estimate of drug-likeness (QED) is 0.597. The van der Waals surface area contributed by atoms with Gasteiger partial charge in [0.15, 0.2) is 0 Å². The van der Waals surface area contributed by atoms with E-state index in [4.69, 9.17) is 5.73 Å². The average Bonchev–Trinajstić information content (AvgIpc) is 2.40.